The third-order valence-corrected chi connectivity index (χ3v) is 11.6. The lowest BCUT2D eigenvalue weighted by molar-refractivity contribution is 0.656. The monoisotopic (exact) mass is 660 g/mol. The van der Waals surface area contributed by atoms with Crippen LogP contribution in [0, 0.1) is 41.5 Å². The second-order valence-electron chi connectivity index (χ2n) is 15.9. The van der Waals surface area contributed by atoms with E-state index in [4.69, 9.17) is 0 Å². The molecule has 0 unspecified atom stereocenters. The first-order valence-electron chi connectivity index (χ1n) is 19.6. The molecule has 5 aromatic rings. The highest BCUT2D eigenvalue weighted by atomic mass is 14.4. The average molecular weight is 661 g/mol. The minimum Gasteiger partial charge on any atom is -0.0654 e. The maximum absolute atomic E-state index is 2.59. The van der Waals surface area contributed by atoms with Crippen molar-refractivity contribution in [1.82, 2.24) is 0 Å². The van der Waals surface area contributed by atoms with E-state index < -0.39 is 0 Å². The van der Waals surface area contributed by atoms with Crippen LogP contribution >= 0.6 is 0 Å². The molecule has 0 nitrogen and oxygen atoms in total. The molecule has 0 aromatic heterocycles. The molecule has 0 heteroatoms. The van der Waals surface area contributed by atoms with Crippen molar-refractivity contribution >= 4 is 0 Å². The normalized spacial score (nSPS) is 13.1. The van der Waals surface area contributed by atoms with Crippen LogP contribution in [0.2, 0.25) is 0 Å². The smallest absolute Gasteiger partial charge is 0.0436 e. The zero-order valence-corrected chi connectivity index (χ0v) is 32.6. The SMILES string of the molecule is CCCCCCc1cc(CCCCCC)cc(C2(C)c3cc(-c4c(C)cc(C)cc4C)ccc3-c3ccc(-c4c(C)cc(C)cc4C)cc32)c1. The summed E-state index contributed by atoms with van der Waals surface area (Å²) in [6.07, 6.45) is 12.7. The van der Waals surface area contributed by atoms with E-state index in [2.05, 4.69) is 141 Å². The molecule has 5 aromatic carbocycles. The van der Waals surface area contributed by atoms with Gasteiger partial charge >= 0.3 is 0 Å². The maximum Gasteiger partial charge on any atom is 0.0436 e. The van der Waals surface area contributed by atoms with Gasteiger partial charge in [-0.05, 0) is 170 Å². The van der Waals surface area contributed by atoms with Crippen molar-refractivity contribution in [2.75, 3.05) is 0 Å². The summed E-state index contributed by atoms with van der Waals surface area (Å²) in [5.41, 5.74) is 23.4. The Bertz CT molecular complexity index is 1820. The summed E-state index contributed by atoms with van der Waals surface area (Å²) in [7, 11) is 0. The summed E-state index contributed by atoms with van der Waals surface area (Å²) in [5, 5.41) is 0. The molecule has 0 saturated heterocycles. The van der Waals surface area contributed by atoms with E-state index in [1.54, 1.807) is 0 Å². The van der Waals surface area contributed by atoms with Gasteiger partial charge in [0.2, 0.25) is 0 Å². The molecule has 1 aliphatic carbocycles. The van der Waals surface area contributed by atoms with Crippen LogP contribution in [0.5, 0.6) is 0 Å². The van der Waals surface area contributed by atoms with Crippen LogP contribution in [-0.2, 0) is 18.3 Å². The second kappa shape index (κ2) is 15.1. The first-order chi connectivity index (χ1) is 24.0. The number of aryl methyl sites for hydroxylation is 8. The fraction of sp³-hybridized carbons (Fsp3) is 0.400. The third-order valence-electron chi connectivity index (χ3n) is 11.6. The lowest BCUT2D eigenvalue weighted by atomic mass is 9.72. The topological polar surface area (TPSA) is 0 Å². The summed E-state index contributed by atoms with van der Waals surface area (Å²) < 4.78 is 0. The first kappa shape index (κ1) is 35.9. The fourth-order valence-corrected chi connectivity index (χ4v) is 9.28. The standard InChI is InChI=1S/C50H60/c1-10-12-14-16-18-39-28-40(19-17-15-13-11-2)30-43(29-39)50(9)46-31-41(48-35(5)24-33(3)25-36(48)6)20-22-44(46)45-23-21-42(32-47(45)50)49-37(7)26-34(4)27-38(49)8/h20-32H,10-19H2,1-9H3. The van der Waals surface area contributed by atoms with Gasteiger partial charge in [0.25, 0.3) is 0 Å². The minimum atomic E-state index is -0.271. The van der Waals surface area contributed by atoms with Gasteiger partial charge in [0.1, 0.15) is 0 Å². The number of benzene rings is 5. The van der Waals surface area contributed by atoms with Crippen LogP contribution in [-0.4, -0.2) is 0 Å². The van der Waals surface area contributed by atoms with Gasteiger partial charge in [0, 0.05) is 5.41 Å². The van der Waals surface area contributed by atoms with E-state index in [1.165, 1.54) is 146 Å². The predicted molar refractivity (Wildman–Crippen MR) is 219 cm³/mol. The predicted octanol–water partition coefficient (Wildman–Crippen LogP) is 14.5. The molecule has 0 fully saturated rings. The summed E-state index contributed by atoms with van der Waals surface area (Å²) in [6.45, 7) is 20.7. The van der Waals surface area contributed by atoms with Crippen molar-refractivity contribution in [2.24, 2.45) is 0 Å². The van der Waals surface area contributed by atoms with Crippen LogP contribution in [0.25, 0.3) is 33.4 Å². The van der Waals surface area contributed by atoms with Crippen LogP contribution in [0.15, 0.2) is 78.9 Å². The lowest BCUT2D eigenvalue weighted by Gasteiger charge is -2.30. The molecule has 0 atom stereocenters. The Hall–Kier alpha value is -3.90. The van der Waals surface area contributed by atoms with E-state index in [-0.39, 0.29) is 5.41 Å². The van der Waals surface area contributed by atoms with Crippen molar-refractivity contribution < 1.29 is 0 Å². The third kappa shape index (κ3) is 7.01. The molecule has 0 bridgehead atoms. The second-order valence-corrected chi connectivity index (χ2v) is 15.9. The summed E-state index contributed by atoms with van der Waals surface area (Å²) in [6, 6.07) is 31.8. The average Bonchev–Trinajstić information content (AvgIpc) is 3.32. The summed E-state index contributed by atoms with van der Waals surface area (Å²) >= 11 is 0. The van der Waals surface area contributed by atoms with Crippen molar-refractivity contribution in [2.45, 2.75) is 132 Å². The molecule has 0 N–H and O–H groups in total. The Morgan fingerprint density at radius 1 is 0.440 bits per heavy atom. The molecule has 50 heavy (non-hydrogen) atoms. The van der Waals surface area contributed by atoms with Crippen molar-refractivity contribution in [3.8, 4) is 33.4 Å². The first-order valence-corrected chi connectivity index (χ1v) is 19.6. The van der Waals surface area contributed by atoms with Gasteiger partial charge in [-0.3, -0.25) is 0 Å². The lowest BCUT2D eigenvalue weighted by Crippen LogP contribution is -2.23. The van der Waals surface area contributed by atoms with Gasteiger partial charge in [0.15, 0.2) is 0 Å². The number of hydrogen-bond acceptors (Lipinski definition) is 0. The van der Waals surface area contributed by atoms with E-state index >= 15 is 0 Å². The molecular weight excluding hydrogens is 601 g/mol. The van der Waals surface area contributed by atoms with Crippen molar-refractivity contribution in [1.29, 1.82) is 0 Å². The van der Waals surface area contributed by atoms with E-state index in [9.17, 15) is 0 Å². The molecule has 6 rings (SSSR count). The molecule has 0 aliphatic heterocycles. The quantitative estimate of drug-likeness (QED) is 0.110. The van der Waals surface area contributed by atoms with Crippen LogP contribution in [0.3, 0.4) is 0 Å². The van der Waals surface area contributed by atoms with E-state index in [1.807, 2.05) is 0 Å². The highest BCUT2D eigenvalue weighted by molar-refractivity contribution is 5.89. The Morgan fingerprint density at radius 2 is 0.840 bits per heavy atom. The number of hydrogen-bond donors (Lipinski definition) is 0. The summed E-state index contributed by atoms with van der Waals surface area (Å²) in [5.74, 6) is 0. The number of unbranched alkanes of at least 4 members (excludes halogenated alkanes) is 6. The molecule has 0 heterocycles. The highest BCUT2D eigenvalue weighted by Crippen LogP contribution is 2.55. The summed E-state index contributed by atoms with van der Waals surface area (Å²) in [4.78, 5) is 0. The Labute approximate surface area is 304 Å². The molecule has 0 amide bonds. The van der Waals surface area contributed by atoms with Crippen LogP contribution in [0.4, 0.5) is 0 Å². The zero-order valence-electron chi connectivity index (χ0n) is 32.6. The molecular formula is C50H60. The zero-order chi connectivity index (χ0) is 35.6. The van der Waals surface area contributed by atoms with Gasteiger partial charge in [-0.2, -0.15) is 0 Å². The van der Waals surface area contributed by atoms with E-state index in [0.29, 0.717) is 0 Å². The molecule has 0 spiro atoms. The molecule has 260 valence electrons. The van der Waals surface area contributed by atoms with Gasteiger partial charge in [-0.1, -0.05) is 130 Å². The highest BCUT2D eigenvalue weighted by Gasteiger charge is 2.42. The number of rotatable bonds is 13. The van der Waals surface area contributed by atoms with Crippen LogP contribution in [0.1, 0.15) is 133 Å². The van der Waals surface area contributed by atoms with Crippen LogP contribution < -0.4 is 0 Å². The maximum atomic E-state index is 2.59. The van der Waals surface area contributed by atoms with Crippen molar-refractivity contribution in [3.05, 3.63) is 140 Å². The Balaban J connectivity index is 1.57. The fourth-order valence-electron chi connectivity index (χ4n) is 9.28. The molecule has 1 aliphatic rings. The van der Waals surface area contributed by atoms with Gasteiger partial charge < -0.3 is 0 Å². The Morgan fingerprint density at radius 3 is 1.22 bits per heavy atom. The largest absolute Gasteiger partial charge is 0.0654 e. The van der Waals surface area contributed by atoms with Gasteiger partial charge in [-0.25, -0.2) is 0 Å². The van der Waals surface area contributed by atoms with E-state index in [0.717, 1.165) is 12.8 Å². The minimum absolute atomic E-state index is 0.271. The van der Waals surface area contributed by atoms with Gasteiger partial charge in [0.05, 0.1) is 0 Å². The molecule has 0 saturated carbocycles. The van der Waals surface area contributed by atoms with Gasteiger partial charge in [-0.15, -0.1) is 0 Å². The number of fused-ring (bicyclic) bond motifs is 3. The molecule has 0 radical (unpaired) electrons. The Kier molecular flexibility index (Phi) is 10.9. The van der Waals surface area contributed by atoms with Crippen molar-refractivity contribution in [3.63, 3.8) is 0 Å².